The van der Waals surface area contributed by atoms with Gasteiger partial charge in [0.05, 0.1) is 17.8 Å². The van der Waals surface area contributed by atoms with Gasteiger partial charge in [-0.05, 0) is 43.2 Å². The van der Waals surface area contributed by atoms with Crippen LogP contribution in [0.2, 0.25) is 5.02 Å². The minimum Gasteiger partial charge on any atom is -0.503 e. The molecule has 152 valence electrons. The molecular weight excluding hydrogens is 378 g/mol. The number of halogens is 1. The predicted molar refractivity (Wildman–Crippen MR) is 110 cm³/mol. The van der Waals surface area contributed by atoms with Crippen molar-refractivity contribution in [3.05, 3.63) is 52.3 Å². The first-order valence-corrected chi connectivity index (χ1v) is 9.93. The van der Waals surface area contributed by atoms with Crippen molar-refractivity contribution in [2.75, 3.05) is 33.4 Å². The van der Waals surface area contributed by atoms with Gasteiger partial charge in [-0.2, -0.15) is 0 Å². The van der Waals surface area contributed by atoms with Crippen LogP contribution in [0, 0.1) is 6.92 Å². The Morgan fingerprint density at radius 3 is 2.79 bits per heavy atom. The highest BCUT2D eigenvalue weighted by Crippen LogP contribution is 2.35. The number of phenolic OH excluding ortho intramolecular Hbond substituents is 1. The molecule has 2 N–H and O–H groups in total. The van der Waals surface area contributed by atoms with E-state index >= 15 is 0 Å². The van der Waals surface area contributed by atoms with E-state index in [4.69, 9.17) is 16.3 Å². The van der Waals surface area contributed by atoms with Gasteiger partial charge in [0.25, 0.3) is 0 Å². The molecule has 0 amide bonds. The van der Waals surface area contributed by atoms with Gasteiger partial charge >= 0.3 is 0 Å². The molecule has 0 spiro atoms. The zero-order chi connectivity index (χ0) is 20.1. The zero-order valence-corrected chi connectivity index (χ0v) is 17.2. The number of nitrogens with zero attached hydrogens (tertiary/aromatic N) is 3. The van der Waals surface area contributed by atoms with Crippen molar-refractivity contribution in [3.8, 4) is 11.5 Å². The number of aryl methyl sites for hydroxylation is 1. The van der Waals surface area contributed by atoms with E-state index in [9.17, 15) is 10.2 Å². The minimum absolute atomic E-state index is 0.0263. The van der Waals surface area contributed by atoms with Crippen LogP contribution in [0.25, 0.3) is 0 Å². The van der Waals surface area contributed by atoms with E-state index in [1.165, 1.54) is 7.11 Å². The summed E-state index contributed by atoms with van der Waals surface area (Å²) in [5.41, 5.74) is 3.08. The molecule has 3 rings (SSSR count). The summed E-state index contributed by atoms with van der Waals surface area (Å²) in [5.74, 6) is 0.361. The van der Waals surface area contributed by atoms with Gasteiger partial charge in [0.2, 0.25) is 0 Å². The maximum atomic E-state index is 9.92. The lowest BCUT2D eigenvalue weighted by molar-refractivity contribution is 0.0491. The molecule has 0 saturated carbocycles. The minimum atomic E-state index is -0.0263. The Morgan fingerprint density at radius 2 is 2.07 bits per heavy atom. The third-order valence-electron chi connectivity index (χ3n) is 5.18. The summed E-state index contributed by atoms with van der Waals surface area (Å²) in [7, 11) is 1.52. The number of aromatic hydroxyl groups is 1. The normalized spacial score (nSPS) is 18.4. The van der Waals surface area contributed by atoms with Crippen molar-refractivity contribution in [2.45, 2.75) is 32.5 Å². The average molecular weight is 406 g/mol. The summed E-state index contributed by atoms with van der Waals surface area (Å²) in [5, 5.41) is 19.8. The first-order valence-electron chi connectivity index (χ1n) is 9.55. The van der Waals surface area contributed by atoms with Crippen molar-refractivity contribution >= 4 is 11.6 Å². The number of benzene rings is 1. The van der Waals surface area contributed by atoms with E-state index in [-0.39, 0.29) is 18.4 Å². The first-order chi connectivity index (χ1) is 13.5. The van der Waals surface area contributed by atoms with E-state index in [1.54, 1.807) is 6.07 Å². The molecule has 1 aliphatic heterocycles. The second kappa shape index (κ2) is 9.56. The number of ether oxygens (including phenoxy) is 1. The number of piperazine rings is 1. The Kier molecular flexibility index (Phi) is 7.13. The molecule has 0 unspecified atom stereocenters. The van der Waals surface area contributed by atoms with E-state index in [1.807, 2.05) is 25.1 Å². The fourth-order valence-corrected chi connectivity index (χ4v) is 3.99. The van der Waals surface area contributed by atoms with E-state index in [2.05, 4.69) is 20.9 Å². The highest BCUT2D eigenvalue weighted by Gasteiger charge is 2.27. The Morgan fingerprint density at radius 1 is 1.25 bits per heavy atom. The largest absolute Gasteiger partial charge is 0.503 e. The highest BCUT2D eigenvalue weighted by molar-refractivity contribution is 6.32. The van der Waals surface area contributed by atoms with Gasteiger partial charge in [0, 0.05) is 51.1 Å². The molecule has 1 fully saturated rings. The predicted octanol–water partition coefficient (Wildman–Crippen LogP) is 2.83. The average Bonchev–Trinajstić information content (AvgIpc) is 2.67. The summed E-state index contributed by atoms with van der Waals surface area (Å²) in [4.78, 5) is 9.37. The van der Waals surface area contributed by atoms with Gasteiger partial charge in [-0.25, -0.2) is 0 Å². The lowest BCUT2D eigenvalue weighted by Crippen LogP contribution is -2.52. The highest BCUT2D eigenvalue weighted by atomic mass is 35.5. The van der Waals surface area contributed by atoms with Gasteiger partial charge in [-0.15, -0.1) is 0 Å². The topological polar surface area (TPSA) is 69.1 Å². The van der Waals surface area contributed by atoms with Gasteiger partial charge in [0.15, 0.2) is 11.5 Å². The summed E-state index contributed by atoms with van der Waals surface area (Å²) in [6, 6.07) is 9.96. The molecule has 0 aliphatic carbocycles. The van der Waals surface area contributed by atoms with Crippen LogP contribution in [-0.2, 0) is 13.1 Å². The third kappa shape index (κ3) is 5.14. The fraction of sp³-hybridized carbons (Fsp3) is 0.476. The lowest BCUT2D eigenvalue weighted by Gasteiger charge is -2.41. The molecule has 28 heavy (non-hydrogen) atoms. The van der Waals surface area contributed by atoms with Crippen LogP contribution in [0.15, 0.2) is 30.3 Å². The van der Waals surface area contributed by atoms with Crippen LogP contribution in [0.3, 0.4) is 0 Å². The number of hydrogen-bond donors (Lipinski definition) is 2. The lowest BCUT2D eigenvalue weighted by atomic mass is 10.1. The van der Waals surface area contributed by atoms with Crippen molar-refractivity contribution in [1.82, 2.24) is 14.8 Å². The molecule has 2 aromatic rings. The summed E-state index contributed by atoms with van der Waals surface area (Å²) in [6.07, 6.45) is 0.724. The van der Waals surface area contributed by atoms with Crippen LogP contribution >= 0.6 is 11.6 Å². The van der Waals surface area contributed by atoms with E-state index in [0.717, 1.165) is 56.1 Å². The molecule has 0 radical (unpaired) electrons. The number of methoxy groups -OCH3 is 1. The van der Waals surface area contributed by atoms with Crippen LogP contribution in [-0.4, -0.2) is 64.4 Å². The first kappa shape index (κ1) is 20.9. The standard InChI is InChI=1S/C21H28ClN3O3/c1-15-4-3-5-17(23-15)13-25-8-7-24(14-18(25)6-9-26)12-16-10-19(22)21(27)20(11-16)28-2/h3-5,10-11,18,26-27H,6-9,12-14H2,1-2H3/t18-/m1/s1. The molecule has 6 nitrogen and oxygen atoms in total. The fourth-order valence-electron chi connectivity index (χ4n) is 3.76. The second-order valence-electron chi connectivity index (χ2n) is 7.27. The van der Waals surface area contributed by atoms with Crippen molar-refractivity contribution in [2.24, 2.45) is 0 Å². The summed E-state index contributed by atoms with van der Waals surface area (Å²) < 4.78 is 5.21. The van der Waals surface area contributed by atoms with Gasteiger partial charge in [-0.1, -0.05) is 17.7 Å². The molecule has 1 aromatic heterocycles. The number of phenols is 1. The number of aromatic nitrogens is 1. The number of pyridine rings is 1. The van der Waals surface area contributed by atoms with Crippen LogP contribution in [0.5, 0.6) is 11.5 Å². The van der Waals surface area contributed by atoms with Crippen molar-refractivity contribution in [1.29, 1.82) is 0 Å². The summed E-state index contributed by atoms with van der Waals surface area (Å²) in [6.45, 7) is 6.34. The SMILES string of the molecule is COc1cc(CN2CCN(Cc3cccc(C)n3)[C@H](CCO)C2)cc(Cl)c1O. The Labute approximate surface area is 171 Å². The van der Waals surface area contributed by atoms with Gasteiger partial charge in [-0.3, -0.25) is 14.8 Å². The Hall–Kier alpha value is -1.86. The molecule has 1 aromatic carbocycles. The number of aliphatic hydroxyl groups is 1. The van der Waals surface area contributed by atoms with Crippen LogP contribution < -0.4 is 4.74 Å². The zero-order valence-electron chi connectivity index (χ0n) is 16.4. The quantitative estimate of drug-likeness (QED) is 0.738. The molecule has 1 aliphatic rings. The maximum Gasteiger partial charge on any atom is 0.176 e. The molecule has 0 bridgehead atoms. The molecule has 1 saturated heterocycles. The molecule has 1 atom stereocenters. The molecule has 2 heterocycles. The van der Waals surface area contributed by atoms with Crippen molar-refractivity contribution in [3.63, 3.8) is 0 Å². The number of hydrogen-bond acceptors (Lipinski definition) is 6. The maximum absolute atomic E-state index is 9.92. The number of rotatable bonds is 7. The smallest absolute Gasteiger partial charge is 0.176 e. The van der Waals surface area contributed by atoms with Crippen LogP contribution in [0.1, 0.15) is 23.4 Å². The molecular formula is C21H28ClN3O3. The Balaban J connectivity index is 1.67. The van der Waals surface area contributed by atoms with Gasteiger partial charge in [0.1, 0.15) is 0 Å². The van der Waals surface area contributed by atoms with E-state index in [0.29, 0.717) is 10.8 Å². The van der Waals surface area contributed by atoms with E-state index < -0.39 is 0 Å². The third-order valence-corrected chi connectivity index (χ3v) is 5.46. The number of aliphatic hydroxyl groups excluding tert-OH is 1. The second-order valence-corrected chi connectivity index (χ2v) is 7.68. The Bertz CT molecular complexity index is 802. The van der Waals surface area contributed by atoms with Crippen LogP contribution in [0.4, 0.5) is 0 Å². The van der Waals surface area contributed by atoms with Gasteiger partial charge < -0.3 is 14.9 Å². The summed E-state index contributed by atoms with van der Waals surface area (Å²) >= 11 is 6.12. The monoisotopic (exact) mass is 405 g/mol. The van der Waals surface area contributed by atoms with Crippen molar-refractivity contribution < 1.29 is 14.9 Å². The molecule has 7 heteroatoms.